The number of nitro groups is 1. The molecule has 1 unspecified atom stereocenters. The number of non-ortho nitro benzene ring substituents is 1. The zero-order valence-corrected chi connectivity index (χ0v) is 17.7. The van der Waals surface area contributed by atoms with Crippen molar-refractivity contribution < 1.29 is 13.3 Å². The van der Waals surface area contributed by atoms with E-state index in [0.29, 0.717) is 18.4 Å². The summed E-state index contributed by atoms with van der Waals surface area (Å²) in [7, 11) is -0.258. The van der Waals surface area contributed by atoms with Gasteiger partial charge in [-0.15, -0.1) is 0 Å². The average molecular weight is 436 g/mol. The molecular weight excluding hydrogens is 410 g/mol. The highest BCUT2D eigenvalue weighted by molar-refractivity contribution is 7.89. The number of nitrogens with one attached hydrogen (secondary N) is 2. The Morgan fingerprint density at radius 3 is 2.87 bits per heavy atom. The topological polar surface area (TPSA) is 135 Å². The van der Waals surface area contributed by atoms with E-state index in [0.717, 1.165) is 25.6 Å². The van der Waals surface area contributed by atoms with Gasteiger partial charge in [-0.05, 0) is 18.1 Å². The predicted molar refractivity (Wildman–Crippen MR) is 112 cm³/mol. The lowest BCUT2D eigenvalue weighted by molar-refractivity contribution is -0.385. The Balaban J connectivity index is 1.50. The molecular formula is C18H25N7O4S. The van der Waals surface area contributed by atoms with Crippen LogP contribution in [-0.2, 0) is 17.1 Å². The van der Waals surface area contributed by atoms with Crippen LogP contribution < -0.4 is 10.0 Å². The van der Waals surface area contributed by atoms with Gasteiger partial charge < -0.3 is 10.2 Å². The third-order valence-electron chi connectivity index (χ3n) is 4.93. The van der Waals surface area contributed by atoms with Crippen molar-refractivity contribution in [2.75, 3.05) is 33.2 Å². The van der Waals surface area contributed by atoms with E-state index in [2.05, 4.69) is 25.0 Å². The Morgan fingerprint density at radius 2 is 2.20 bits per heavy atom. The number of aromatic nitrogens is 2. The van der Waals surface area contributed by atoms with Crippen LogP contribution in [0.2, 0.25) is 0 Å². The number of benzene rings is 1. The second kappa shape index (κ2) is 9.22. The molecule has 162 valence electrons. The second-order valence-corrected chi connectivity index (χ2v) is 8.77. The molecule has 0 amide bonds. The molecule has 1 aliphatic rings. The van der Waals surface area contributed by atoms with Crippen LogP contribution in [0.25, 0.3) is 0 Å². The van der Waals surface area contributed by atoms with E-state index in [4.69, 9.17) is 0 Å². The summed E-state index contributed by atoms with van der Waals surface area (Å²) in [5, 5.41) is 18.2. The fourth-order valence-corrected chi connectivity index (χ4v) is 4.49. The van der Waals surface area contributed by atoms with Gasteiger partial charge in [0, 0.05) is 64.5 Å². The number of guanidine groups is 1. The zero-order chi connectivity index (χ0) is 21.7. The van der Waals surface area contributed by atoms with E-state index in [1.165, 1.54) is 23.8 Å². The standard InChI is InChI=1S/C18H25N7O4S/c1-19-18(24-9-6-14(13-24)15-11-21-23(2)12-15)20-7-8-22-30(28,29)17-5-3-4-16(10-17)25(26)27/h3-5,10-12,14,22H,6-9,13H2,1-2H3,(H,19,20). The third kappa shape index (κ3) is 5.13. The first kappa shape index (κ1) is 21.7. The van der Waals surface area contributed by atoms with Gasteiger partial charge >= 0.3 is 0 Å². The lowest BCUT2D eigenvalue weighted by Gasteiger charge is -2.21. The number of hydrogen-bond donors (Lipinski definition) is 2. The maximum atomic E-state index is 12.4. The highest BCUT2D eigenvalue weighted by Gasteiger charge is 2.27. The van der Waals surface area contributed by atoms with Crippen molar-refractivity contribution >= 4 is 21.7 Å². The molecule has 0 saturated carbocycles. The molecule has 1 atom stereocenters. The summed E-state index contributed by atoms with van der Waals surface area (Å²) in [6.45, 7) is 2.10. The first-order valence-electron chi connectivity index (χ1n) is 9.48. The summed E-state index contributed by atoms with van der Waals surface area (Å²) in [6.07, 6.45) is 4.89. The largest absolute Gasteiger partial charge is 0.355 e. The summed E-state index contributed by atoms with van der Waals surface area (Å²) < 4.78 is 29.0. The number of sulfonamides is 1. The normalized spacial score (nSPS) is 17.3. The van der Waals surface area contributed by atoms with Crippen molar-refractivity contribution in [2.45, 2.75) is 17.2 Å². The van der Waals surface area contributed by atoms with E-state index < -0.39 is 14.9 Å². The maximum absolute atomic E-state index is 12.4. The maximum Gasteiger partial charge on any atom is 0.270 e. The first-order valence-corrected chi connectivity index (χ1v) is 11.0. The summed E-state index contributed by atoms with van der Waals surface area (Å²) in [4.78, 5) is 16.5. The van der Waals surface area contributed by atoms with E-state index in [1.54, 1.807) is 11.7 Å². The SMILES string of the molecule is CN=C(NCCNS(=O)(=O)c1cccc([N+](=O)[O-])c1)N1CCC(c2cnn(C)c2)C1. The van der Waals surface area contributed by atoms with Gasteiger partial charge in [0.15, 0.2) is 5.96 Å². The smallest absolute Gasteiger partial charge is 0.270 e. The molecule has 1 fully saturated rings. The monoisotopic (exact) mass is 435 g/mol. The minimum absolute atomic E-state index is 0.115. The van der Waals surface area contributed by atoms with Gasteiger partial charge in [0.05, 0.1) is 16.0 Å². The predicted octanol–water partition coefficient (Wildman–Crippen LogP) is 0.672. The lowest BCUT2D eigenvalue weighted by Crippen LogP contribution is -2.43. The van der Waals surface area contributed by atoms with Gasteiger partial charge in [0.2, 0.25) is 10.0 Å². The van der Waals surface area contributed by atoms with Crippen LogP contribution in [0.5, 0.6) is 0 Å². The van der Waals surface area contributed by atoms with Crippen molar-refractivity contribution in [1.29, 1.82) is 0 Å². The van der Waals surface area contributed by atoms with Crippen molar-refractivity contribution in [3.63, 3.8) is 0 Å². The zero-order valence-electron chi connectivity index (χ0n) is 16.9. The lowest BCUT2D eigenvalue weighted by atomic mass is 10.0. The fraction of sp³-hybridized carbons (Fsp3) is 0.444. The molecule has 2 aromatic rings. The summed E-state index contributed by atoms with van der Waals surface area (Å²) in [6, 6.07) is 4.96. The van der Waals surface area contributed by atoms with Crippen LogP contribution in [0.4, 0.5) is 5.69 Å². The van der Waals surface area contributed by atoms with Gasteiger partial charge in [0.25, 0.3) is 5.69 Å². The fourth-order valence-electron chi connectivity index (χ4n) is 3.42. The Labute approximate surface area is 175 Å². The Bertz CT molecular complexity index is 1030. The number of likely N-dealkylation sites (tertiary alicyclic amines) is 1. The molecule has 1 aromatic heterocycles. The molecule has 0 spiro atoms. The van der Waals surface area contributed by atoms with Crippen molar-refractivity contribution in [1.82, 2.24) is 24.7 Å². The number of aryl methyl sites for hydroxylation is 1. The molecule has 0 radical (unpaired) electrons. The van der Waals surface area contributed by atoms with Gasteiger partial charge in [-0.25, -0.2) is 13.1 Å². The molecule has 30 heavy (non-hydrogen) atoms. The van der Waals surface area contributed by atoms with E-state index >= 15 is 0 Å². The number of nitro benzene ring substituents is 1. The quantitative estimate of drug-likeness (QED) is 0.215. The summed E-state index contributed by atoms with van der Waals surface area (Å²) >= 11 is 0. The van der Waals surface area contributed by atoms with E-state index in [9.17, 15) is 18.5 Å². The van der Waals surface area contributed by atoms with Crippen LogP contribution >= 0.6 is 0 Å². The minimum Gasteiger partial charge on any atom is -0.355 e. The van der Waals surface area contributed by atoms with Crippen LogP contribution in [0, 0.1) is 10.1 Å². The molecule has 3 rings (SSSR count). The Hall–Kier alpha value is -2.99. The van der Waals surface area contributed by atoms with E-state index in [1.807, 2.05) is 19.4 Å². The first-order chi connectivity index (χ1) is 14.3. The number of hydrogen-bond acceptors (Lipinski definition) is 6. The van der Waals surface area contributed by atoms with Gasteiger partial charge in [-0.3, -0.25) is 19.8 Å². The van der Waals surface area contributed by atoms with E-state index in [-0.39, 0.29) is 17.1 Å². The molecule has 11 nitrogen and oxygen atoms in total. The highest BCUT2D eigenvalue weighted by Crippen LogP contribution is 2.26. The summed E-state index contributed by atoms with van der Waals surface area (Å²) in [5.74, 6) is 1.08. The van der Waals surface area contributed by atoms with Gasteiger partial charge in [0.1, 0.15) is 0 Å². The molecule has 12 heteroatoms. The molecule has 0 bridgehead atoms. The van der Waals surface area contributed by atoms with Crippen LogP contribution in [0.15, 0.2) is 46.5 Å². The molecule has 1 aromatic carbocycles. The Morgan fingerprint density at radius 1 is 1.40 bits per heavy atom. The number of nitrogens with zero attached hydrogens (tertiary/aromatic N) is 5. The van der Waals surface area contributed by atoms with Crippen molar-refractivity contribution in [3.05, 3.63) is 52.3 Å². The van der Waals surface area contributed by atoms with Crippen LogP contribution in [0.3, 0.4) is 0 Å². The minimum atomic E-state index is -3.84. The number of aliphatic imine (C=N–C) groups is 1. The second-order valence-electron chi connectivity index (χ2n) is 7.01. The molecule has 2 heterocycles. The molecule has 1 aliphatic heterocycles. The molecule has 2 N–H and O–H groups in total. The highest BCUT2D eigenvalue weighted by atomic mass is 32.2. The molecule has 1 saturated heterocycles. The van der Waals surface area contributed by atoms with Crippen molar-refractivity contribution in [3.8, 4) is 0 Å². The third-order valence-corrected chi connectivity index (χ3v) is 6.39. The molecule has 0 aliphatic carbocycles. The van der Waals surface area contributed by atoms with Gasteiger partial charge in [-0.1, -0.05) is 6.07 Å². The number of rotatable bonds is 7. The Kier molecular flexibility index (Phi) is 6.67. The van der Waals surface area contributed by atoms with Crippen LogP contribution in [-0.4, -0.2) is 67.2 Å². The summed E-state index contributed by atoms with van der Waals surface area (Å²) in [5.41, 5.74) is 0.925. The average Bonchev–Trinajstić information content (AvgIpc) is 3.37. The van der Waals surface area contributed by atoms with Crippen LogP contribution in [0.1, 0.15) is 17.9 Å². The van der Waals surface area contributed by atoms with Gasteiger partial charge in [-0.2, -0.15) is 5.10 Å². The van der Waals surface area contributed by atoms with Crippen molar-refractivity contribution in [2.24, 2.45) is 12.0 Å².